The molecule has 2 N–H and O–H groups in total. The predicted molar refractivity (Wildman–Crippen MR) is 71.6 cm³/mol. The van der Waals surface area contributed by atoms with Gasteiger partial charge in [0.15, 0.2) is 12.0 Å². The minimum atomic E-state index is 0.0242. The molecule has 2 aromatic rings. The maximum absolute atomic E-state index is 8.75. The van der Waals surface area contributed by atoms with Crippen molar-refractivity contribution in [1.29, 1.82) is 0 Å². The van der Waals surface area contributed by atoms with Crippen LogP contribution < -0.4 is 5.32 Å². The maximum atomic E-state index is 8.75. The van der Waals surface area contributed by atoms with Crippen LogP contribution in [0.5, 0.6) is 0 Å². The molecular formula is C14H20N2O2. The molecule has 0 bridgehead atoms. The first-order chi connectivity index (χ1) is 8.63. The fourth-order valence-electron chi connectivity index (χ4n) is 1.98. The average molecular weight is 248 g/mol. The van der Waals surface area contributed by atoms with Crippen molar-refractivity contribution in [1.82, 2.24) is 10.3 Å². The largest absolute Gasteiger partial charge is 0.443 e. The van der Waals surface area contributed by atoms with Crippen molar-refractivity contribution in [3.63, 3.8) is 0 Å². The van der Waals surface area contributed by atoms with E-state index in [-0.39, 0.29) is 12.0 Å². The molecule has 0 aliphatic rings. The van der Waals surface area contributed by atoms with E-state index < -0.39 is 0 Å². The number of hydrogen-bond acceptors (Lipinski definition) is 4. The van der Waals surface area contributed by atoms with Gasteiger partial charge in [0.2, 0.25) is 0 Å². The molecule has 0 saturated heterocycles. The molecule has 0 unspecified atom stereocenters. The van der Waals surface area contributed by atoms with Crippen molar-refractivity contribution in [2.45, 2.75) is 25.7 Å². The van der Waals surface area contributed by atoms with E-state index in [2.05, 4.69) is 36.3 Å². The van der Waals surface area contributed by atoms with Crippen LogP contribution in [-0.2, 0) is 5.41 Å². The average Bonchev–Trinajstić information content (AvgIpc) is 2.82. The summed E-state index contributed by atoms with van der Waals surface area (Å²) in [6.07, 6.45) is 2.26. The second-order valence-electron chi connectivity index (χ2n) is 5.17. The molecule has 0 spiro atoms. The highest BCUT2D eigenvalue weighted by molar-refractivity contribution is 5.73. The van der Waals surface area contributed by atoms with Gasteiger partial charge in [-0.15, -0.1) is 0 Å². The molecular weight excluding hydrogens is 228 g/mol. The van der Waals surface area contributed by atoms with Gasteiger partial charge in [0.05, 0.1) is 0 Å². The molecule has 98 valence electrons. The zero-order valence-corrected chi connectivity index (χ0v) is 10.9. The Hall–Kier alpha value is -1.39. The normalized spacial score (nSPS) is 12.2. The quantitative estimate of drug-likeness (QED) is 0.768. The number of nitrogens with one attached hydrogen (secondary N) is 1. The van der Waals surface area contributed by atoms with E-state index in [1.54, 1.807) is 0 Å². The summed E-state index contributed by atoms with van der Waals surface area (Å²) >= 11 is 0. The molecule has 0 aliphatic heterocycles. The SMILES string of the molecule is CC(C)(CNCCCO)c1ccc2ncoc2c1. The molecule has 0 atom stereocenters. The van der Waals surface area contributed by atoms with Gasteiger partial charge >= 0.3 is 0 Å². The van der Waals surface area contributed by atoms with Crippen molar-refractivity contribution < 1.29 is 9.52 Å². The molecule has 0 saturated carbocycles. The van der Waals surface area contributed by atoms with E-state index in [4.69, 9.17) is 9.52 Å². The Morgan fingerprint density at radius 1 is 1.39 bits per heavy atom. The fraction of sp³-hybridized carbons (Fsp3) is 0.500. The number of fused-ring (bicyclic) bond motifs is 1. The van der Waals surface area contributed by atoms with Crippen molar-refractivity contribution in [2.24, 2.45) is 0 Å². The van der Waals surface area contributed by atoms with E-state index in [1.165, 1.54) is 12.0 Å². The Morgan fingerprint density at radius 3 is 3.00 bits per heavy atom. The third kappa shape index (κ3) is 2.89. The summed E-state index contributed by atoms with van der Waals surface area (Å²) in [5.74, 6) is 0. The smallest absolute Gasteiger partial charge is 0.181 e. The molecule has 0 fully saturated rings. The Morgan fingerprint density at radius 2 is 2.22 bits per heavy atom. The summed E-state index contributed by atoms with van der Waals surface area (Å²) in [4.78, 5) is 4.12. The first kappa shape index (κ1) is 13.1. The Kier molecular flexibility index (Phi) is 3.99. The number of benzene rings is 1. The molecule has 0 aliphatic carbocycles. The van der Waals surface area contributed by atoms with Crippen LogP contribution in [0, 0.1) is 0 Å². The molecule has 18 heavy (non-hydrogen) atoms. The van der Waals surface area contributed by atoms with E-state index in [1.807, 2.05) is 6.07 Å². The molecule has 1 heterocycles. The molecule has 1 aromatic heterocycles. The van der Waals surface area contributed by atoms with Gasteiger partial charge in [-0.25, -0.2) is 4.98 Å². The Balaban J connectivity index is 2.07. The van der Waals surface area contributed by atoms with Crippen molar-refractivity contribution in [3.8, 4) is 0 Å². The lowest BCUT2D eigenvalue weighted by molar-refractivity contribution is 0.284. The van der Waals surface area contributed by atoms with Crippen molar-refractivity contribution in [3.05, 3.63) is 30.2 Å². The van der Waals surface area contributed by atoms with Crippen LogP contribution in [-0.4, -0.2) is 29.8 Å². The lowest BCUT2D eigenvalue weighted by Crippen LogP contribution is -2.33. The van der Waals surface area contributed by atoms with Crippen molar-refractivity contribution >= 4 is 11.1 Å². The van der Waals surface area contributed by atoms with Crippen LogP contribution >= 0.6 is 0 Å². The monoisotopic (exact) mass is 248 g/mol. The topological polar surface area (TPSA) is 58.3 Å². The highest BCUT2D eigenvalue weighted by Crippen LogP contribution is 2.25. The van der Waals surface area contributed by atoms with Gasteiger partial charge in [-0.2, -0.15) is 0 Å². The standard InChI is InChI=1S/C14H20N2O2/c1-14(2,9-15-6-3-7-17)11-4-5-12-13(8-11)18-10-16-12/h4-5,8,10,15,17H,3,6-7,9H2,1-2H3. The zero-order valence-electron chi connectivity index (χ0n) is 10.9. The summed E-state index contributed by atoms with van der Waals surface area (Å²) in [6, 6.07) is 6.14. The molecule has 0 radical (unpaired) electrons. The van der Waals surface area contributed by atoms with Gasteiger partial charge in [-0.3, -0.25) is 0 Å². The summed E-state index contributed by atoms with van der Waals surface area (Å²) in [6.45, 7) is 6.32. The van der Waals surface area contributed by atoms with Crippen LogP contribution in [0.3, 0.4) is 0 Å². The van der Waals surface area contributed by atoms with E-state index >= 15 is 0 Å². The fourth-order valence-corrected chi connectivity index (χ4v) is 1.98. The summed E-state index contributed by atoms with van der Waals surface area (Å²) in [7, 11) is 0. The zero-order chi connectivity index (χ0) is 13.0. The summed E-state index contributed by atoms with van der Waals surface area (Å²) in [5.41, 5.74) is 2.97. The third-order valence-electron chi connectivity index (χ3n) is 3.19. The van der Waals surface area contributed by atoms with Gasteiger partial charge in [0.1, 0.15) is 5.52 Å². The number of oxazole rings is 1. The second kappa shape index (κ2) is 5.50. The highest BCUT2D eigenvalue weighted by Gasteiger charge is 2.20. The minimum Gasteiger partial charge on any atom is -0.443 e. The Labute approximate surface area is 107 Å². The van der Waals surface area contributed by atoms with Crippen LogP contribution in [0.1, 0.15) is 25.8 Å². The van der Waals surface area contributed by atoms with Crippen LogP contribution in [0.25, 0.3) is 11.1 Å². The minimum absolute atomic E-state index is 0.0242. The summed E-state index contributed by atoms with van der Waals surface area (Å²) in [5, 5.41) is 12.1. The molecule has 4 nitrogen and oxygen atoms in total. The van der Waals surface area contributed by atoms with Crippen LogP contribution in [0.15, 0.2) is 29.0 Å². The Bertz CT molecular complexity index is 505. The molecule has 1 aromatic carbocycles. The van der Waals surface area contributed by atoms with Gasteiger partial charge < -0.3 is 14.8 Å². The van der Waals surface area contributed by atoms with E-state index in [9.17, 15) is 0 Å². The lowest BCUT2D eigenvalue weighted by atomic mass is 9.84. The highest BCUT2D eigenvalue weighted by atomic mass is 16.3. The van der Waals surface area contributed by atoms with Gasteiger partial charge in [-0.05, 0) is 30.7 Å². The second-order valence-corrected chi connectivity index (χ2v) is 5.17. The van der Waals surface area contributed by atoms with Gasteiger partial charge in [0, 0.05) is 18.6 Å². The number of nitrogens with zero attached hydrogens (tertiary/aromatic N) is 1. The maximum Gasteiger partial charge on any atom is 0.181 e. The predicted octanol–water partition coefficient (Wildman–Crippen LogP) is 2.08. The van der Waals surface area contributed by atoms with Crippen LogP contribution in [0.2, 0.25) is 0 Å². The van der Waals surface area contributed by atoms with Gasteiger partial charge in [-0.1, -0.05) is 19.9 Å². The van der Waals surface area contributed by atoms with Crippen LogP contribution in [0.4, 0.5) is 0 Å². The summed E-state index contributed by atoms with van der Waals surface area (Å²) < 4.78 is 5.33. The third-order valence-corrected chi connectivity index (χ3v) is 3.19. The first-order valence-electron chi connectivity index (χ1n) is 6.29. The molecule has 4 heteroatoms. The number of rotatable bonds is 6. The number of aliphatic hydroxyl groups excluding tert-OH is 1. The molecule has 0 amide bonds. The molecule has 2 rings (SSSR count). The number of aromatic nitrogens is 1. The lowest BCUT2D eigenvalue weighted by Gasteiger charge is -2.25. The van der Waals surface area contributed by atoms with Gasteiger partial charge in [0.25, 0.3) is 0 Å². The van der Waals surface area contributed by atoms with E-state index in [0.29, 0.717) is 0 Å². The van der Waals surface area contributed by atoms with E-state index in [0.717, 1.165) is 30.6 Å². The number of hydrogen-bond donors (Lipinski definition) is 2. The number of aliphatic hydroxyl groups is 1. The first-order valence-corrected chi connectivity index (χ1v) is 6.29. The van der Waals surface area contributed by atoms with Crippen molar-refractivity contribution in [2.75, 3.05) is 19.7 Å².